The van der Waals surface area contributed by atoms with Crippen molar-refractivity contribution in [1.82, 2.24) is 9.80 Å². The average Bonchev–Trinajstić information content (AvgIpc) is 3.12. The highest BCUT2D eigenvalue weighted by molar-refractivity contribution is 9.10. The molecule has 7 heteroatoms. The molecule has 4 nitrogen and oxygen atoms in total. The van der Waals surface area contributed by atoms with Gasteiger partial charge in [-0.2, -0.15) is 0 Å². The second-order valence-electron chi connectivity index (χ2n) is 5.41. The van der Waals surface area contributed by atoms with E-state index in [1.807, 2.05) is 30.3 Å². The first-order valence-corrected chi connectivity index (χ1v) is 9.35. The number of amides is 2. The maximum atomic E-state index is 12.5. The molecule has 2 heterocycles. The van der Waals surface area contributed by atoms with E-state index in [4.69, 9.17) is 12.2 Å². The molecule has 2 fully saturated rings. The van der Waals surface area contributed by atoms with Crippen molar-refractivity contribution in [2.75, 3.05) is 19.6 Å². The third kappa shape index (κ3) is 3.84. The molecule has 0 bridgehead atoms. The summed E-state index contributed by atoms with van der Waals surface area (Å²) in [7, 11) is 0. The Morgan fingerprint density at radius 1 is 1.35 bits per heavy atom. The quantitative estimate of drug-likeness (QED) is 0.566. The second-order valence-corrected chi connectivity index (χ2v) is 8.00. The molecular formula is C16H15BrN2O2S2. The van der Waals surface area contributed by atoms with Gasteiger partial charge in [0.05, 0.1) is 4.91 Å². The summed E-state index contributed by atoms with van der Waals surface area (Å²) < 4.78 is 1.40. The van der Waals surface area contributed by atoms with Crippen LogP contribution in [-0.4, -0.2) is 45.6 Å². The maximum Gasteiger partial charge on any atom is 0.266 e. The predicted molar refractivity (Wildman–Crippen MR) is 99.8 cm³/mol. The fourth-order valence-electron chi connectivity index (χ4n) is 2.59. The normalized spacial score (nSPS) is 20.0. The zero-order valence-corrected chi connectivity index (χ0v) is 15.5. The van der Waals surface area contributed by atoms with E-state index in [1.54, 1.807) is 4.90 Å². The summed E-state index contributed by atoms with van der Waals surface area (Å²) in [6.07, 6.45) is 3.88. The van der Waals surface area contributed by atoms with Gasteiger partial charge in [-0.1, -0.05) is 52.0 Å². The molecule has 0 spiro atoms. The number of thioether (sulfide) groups is 1. The Kier molecular flexibility index (Phi) is 5.18. The van der Waals surface area contributed by atoms with Crippen LogP contribution in [0.5, 0.6) is 0 Å². The standard InChI is InChI=1S/C16H15BrN2O2S2/c17-12-5-3-4-11(8-12)9-13-15(21)19(16(22)23-13)10-14(20)18-6-1-2-7-18/h3-5,8-9H,1-2,6-7,10H2. The molecule has 0 N–H and O–H groups in total. The van der Waals surface area contributed by atoms with Gasteiger partial charge in [0.25, 0.3) is 5.91 Å². The van der Waals surface area contributed by atoms with Crippen LogP contribution >= 0.6 is 39.9 Å². The van der Waals surface area contributed by atoms with E-state index in [9.17, 15) is 9.59 Å². The smallest absolute Gasteiger partial charge is 0.266 e. The molecule has 1 aromatic carbocycles. The highest BCUT2D eigenvalue weighted by Gasteiger charge is 2.34. The van der Waals surface area contributed by atoms with Crippen LogP contribution in [0.15, 0.2) is 33.6 Å². The Labute approximate surface area is 153 Å². The number of carbonyl (C=O) groups excluding carboxylic acids is 2. The Morgan fingerprint density at radius 2 is 2.09 bits per heavy atom. The molecule has 0 radical (unpaired) electrons. The molecule has 2 aliphatic rings. The van der Waals surface area contributed by atoms with E-state index in [0.717, 1.165) is 36.0 Å². The molecule has 1 aromatic rings. The summed E-state index contributed by atoms with van der Waals surface area (Å²) in [5.74, 6) is -0.213. The predicted octanol–water partition coefficient (Wildman–Crippen LogP) is 3.27. The summed E-state index contributed by atoms with van der Waals surface area (Å²) in [5, 5.41) is 0. The number of halogens is 1. The van der Waals surface area contributed by atoms with E-state index in [-0.39, 0.29) is 18.4 Å². The van der Waals surface area contributed by atoms with E-state index < -0.39 is 0 Å². The summed E-state index contributed by atoms with van der Waals surface area (Å²) in [6.45, 7) is 1.60. The average molecular weight is 411 g/mol. The minimum absolute atomic E-state index is 0.0255. The molecular weight excluding hydrogens is 396 g/mol. The number of benzene rings is 1. The van der Waals surface area contributed by atoms with Gasteiger partial charge in [0, 0.05) is 17.6 Å². The first-order chi connectivity index (χ1) is 11.0. The van der Waals surface area contributed by atoms with Crippen LogP contribution in [0.2, 0.25) is 0 Å². The first-order valence-electron chi connectivity index (χ1n) is 7.33. The van der Waals surface area contributed by atoms with Crippen molar-refractivity contribution in [2.24, 2.45) is 0 Å². The highest BCUT2D eigenvalue weighted by atomic mass is 79.9. The van der Waals surface area contributed by atoms with Crippen LogP contribution in [0.4, 0.5) is 0 Å². The SMILES string of the molecule is O=C(CN1C(=O)C(=Cc2cccc(Br)c2)SC1=S)N1CCCC1. The van der Waals surface area contributed by atoms with Crippen LogP contribution in [0, 0.1) is 0 Å². The van der Waals surface area contributed by atoms with Gasteiger partial charge in [-0.3, -0.25) is 14.5 Å². The molecule has 0 aromatic heterocycles. The second kappa shape index (κ2) is 7.15. The van der Waals surface area contributed by atoms with Gasteiger partial charge in [-0.05, 0) is 36.6 Å². The minimum Gasteiger partial charge on any atom is -0.341 e. The van der Waals surface area contributed by atoms with Gasteiger partial charge in [0.15, 0.2) is 0 Å². The number of thiocarbonyl (C=S) groups is 1. The number of likely N-dealkylation sites (tertiary alicyclic amines) is 1. The number of hydrogen-bond acceptors (Lipinski definition) is 4. The van der Waals surface area contributed by atoms with Crippen LogP contribution in [0.3, 0.4) is 0 Å². The molecule has 0 unspecified atom stereocenters. The van der Waals surface area contributed by atoms with Gasteiger partial charge in [-0.15, -0.1) is 0 Å². The van der Waals surface area contributed by atoms with Crippen LogP contribution in [0.1, 0.15) is 18.4 Å². The molecule has 2 aliphatic heterocycles. The number of hydrogen-bond donors (Lipinski definition) is 0. The van der Waals surface area contributed by atoms with Crippen molar-refractivity contribution in [1.29, 1.82) is 0 Å². The number of rotatable bonds is 3. The Hall–Kier alpha value is -1.18. The van der Waals surface area contributed by atoms with Gasteiger partial charge >= 0.3 is 0 Å². The molecule has 120 valence electrons. The number of nitrogens with zero attached hydrogens (tertiary/aromatic N) is 2. The van der Waals surface area contributed by atoms with Crippen molar-refractivity contribution in [2.45, 2.75) is 12.8 Å². The van der Waals surface area contributed by atoms with Crippen molar-refractivity contribution in [3.8, 4) is 0 Å². The van der Waals surface area contributed by atoms with Gasteiger partial charge < -0.3 is 4.90 Å². The van der Waals surface area contributed by atoms with E-state index in [2.05, 4.69) is 15.9 Å². The zero-order valence-electron chi connectivity index (χ0n) is 12.3. The van der Waals surface area contributed by atoms with Crippen molar-refractivity contribution in [3.05, 3.63) is 39.2 Å². The van der Waals surface area contributed by atoms with E-state index in [1.165, 1.54) is 16.7 Å². The molecule has 0 atom stereocenters. The van der Waals surface area contributed by atoms with Gasteiger partial charge in [0.1, 0.15) is 10.9 Å². The van der Waals surface area contributed by atoms with Crippen molar-refractivity contribution >= 4 is 62.1 Å². The molecule has 3 rings (SSSR count). The summed E-state index contributed by atoms with van der Waals surface area (Å²) in [5.41, 5.74) is 0.922. The lowest BCUT2D eigenvalue weighted by molar-refractivity contribution is -0.134. The third-order valence-corrected chi connectivity index (χ3v) is 5.64. The van der Waals surface area contributed by atoms with Crippen molar-refractivity contribution in [3.63, 3.8) is 0 Å². The van der Waals surface area contributed by atoms with Crippen molar-refractivity contribution < 1.29 is 9.59 Å². The zero-order chi connectivity index (χ0) is 16.4. The van der Waals surface area contributed by atoms with E-state index in [0.29, 0.717) is 9.23 Å². The third-order valence-electron chi connectivity index (χ3n) is 3.77. The first kappa shape index (κ1) is 16.7. The molecule has 2 saturated heterocycles. The molecule has 2 amide bonds. The van der Waals surface area contributed by atoms with Crippen LogP contribution in [0.25, 0.3) is 6.08 Å². The van der Waals surface area contributed by atoms with Crippen LogP contribution in [-0.2, 0) is 9.59 Å². The Balaban J connectivity index is 1.73. The monoisotopic (exact) mass is 410 g/mol. The minimum atomic E-state index is -0.187. The van der Waals surface area contributed by atoms with Gasteiger partial charge in [-0.25, -0.2) is 0 Å². The van der Waals surface area contributed by atoms with Gasteiger partial charge in [0.2, 0.25) is 5.91 Å². The maximum absolute atomic E-state index is 12.5. The molecule has 23 heavy (non-hydrogen) atoms. The molecule has 0 saturated carbocycles. The summed E-state index contributed by atoms with van der Waals surface area (Å²) in [4.78, 5) is 28.5. The Bertz CT molecular complexity index is 699. The topological polar surface area (TPSA) is 40.6 Å². The summed E-state index contributed by atoms with van der Waals surface area (Å²) >= 11 is 9.94. The van der Waals surface area contributed by atoms with E-state index >= 15 is 0 Å². The summed E-state index contributed by atoms with van der Waals surface area (Å²) in [6, 6.07) is 7.69. The fourth-order valence-corrected chi connectivity index (χ4v) is 4.26. The fraction of sp³-hybridized carbons (Fsp3) is 0.312. The Morgan fingerprint density at radius 3 is 2.78 bits per heavy atom. The lowest BCUT2D eigenvalue weighted by Crippen LogP contribution is -2.40. The lowest BCUT2D eigenvalue weighted by Gasteiger charge is -2.19. The highest BCUT2D eigenvalue weighted by Crippen LogP contribution is 2.32. The number of carbonyl (C=O) groups is 2. The van der Waals surface area contributed by atoms with Crippen LogP contribution < -0.4 is 0 Å². The lowest BCUT2D eigenvalue weighted by atomic mass is 10.2. The largest absolute Gasteiger partial charge is 0.341 e. The molecule has 0 aliphatic carbocycles.